The molecular weight excluding hydrogens is 304 g/mol. The van der Waals surface area contributed by atoms with E-state index in [1.54, 1.807) is 29.4 Å². The fraction of sp³-hybridized carbons (Fsp3) is 0.368. The van der Waals surface area contributed by atoms with Crippen LogP contribution in [0.5, 0.6) is 5.75 Å². The Balaban J connectivity index is 1.76. The van der Waals surface area contributed by atoms with E-state index in [2.05, 4.69) is 4.98 Å². The molecule has 1 saturated heterocycles. The molecule has 1 aromatic carbocycles. The van der Waals surface area contributed by atoms with Gasteiger partial charge in [0, 0.05) is 32.1 Å². The van der Waals surface area contributed by atoms with Gasteiger partial charge in [0.1, 0.15) is 11.9 Å². The molecule has 126 valence electrons. The van der Waals surface area contributed by atoms with Gasteiger partial charge in [-0.1, -0.05) is 18.2 Å². The maximum Gasteiger partial charge on any atom is 0.252 e. The van der Waals surface area contributed by atoms with Crippen LogP contribution in [0.3, 0.4) is 0 Å². The predicted molar refractivity (Wildman–Crippen MR) is 90.2 cm³/mol. The fourth-order valence-corrected chi connectivity index (χ4v) is 2.88. The first-order valence-corrected chi connectivity index (χ1v) is 8.29. The first-order chi connectivity index (χ1) is 11.7. The Bertz CT molecular complexity index is 652. The summed E-state index contributed by atoms with van der Waals surface area (Å²) < 4.78 is 5.67. The summed E-state index contributed by atoms with van der Waals surface area (Å²) in [5, 5.41) is 9.43. The van der Waals surface area contributed by atoms with Gasteiger partial charge in [-0.25, -0.2) is 0 Å². The van der Waals surface area contributed by atoms with Crippen LogP contribution in [0, 0.1) is 0 Å². The highest BCUT2D eigenvalue weighted by Gasteiger charge is 2.27. The number of nitrogens with zero attached hydrogens (tertiary/aromatic N) is 2. The minimum absolute atomic E-state index is 0.0200. The van der Waals surface area contributed by atoms with Crippen LogP contribution in [0.2, 0.25) is 0 Å². The average molecular weight is 326 g/mol. The molecule has 1 fully saturated rings. The smallest absolute Gasteiger partial charge is 0.252 e. The largest absolute Gasteiger partial charge is 0.508 e. The molecule has 1 aliphatic rings. The van der Waals surface area contributed by atoms with Crippen molar-refractivity contribution >= 4 is 5.91 Å². The van der Waals surface area contributed by atoms with E-state index in [1.807, 2.05) is 24.3 Å². The van der Waals surface area contributed by atoms with Crippen LogP contribution >= 0.6 is 0 Å². The lowest BCUT2D eigenvalue weighted by molar-refractivity contribution is -0.147. The Kier molecular flexibility index (Phi) is 5.43. The molecule has 3 rings (SSSR count). The van der Waals surface area contributed by atoms with Gasteiger partial charge in [-0.15, -0.1) is 0 Å². The van der Waals surface area contributed by atoms with Gasteiger partial charge >= 0.3 is 0 Å². The van der Waals surface area contributed by atoms with Gasteiger partial charge in [0.2, 0.25) is 0 Å². The minimum atomic E-state index is -0.354. The van der Waals surface area contributed by atoms with Gasteiger partial charge in [-0.05, 0) is 48.6 Å². The van der Waals surface area contributed by atoms with Gasteiger partial charge < -0.3 is 14.7 Å². The highest BCUT2D eigenvalue weighted by Crippen LogP contribution is 2.19. The summed E-state index contributed by atoms with van der Waals surface area (Å²) in [5.41, 5.74) is 1.96. The predicted octanol–water partition coefficient (Wildman–Crippen LogP) is 2.89. The Hall–Kier alpha value is -2.40. The van der Waals surface area contributed by atoms with Gasteiger partial charge in [0.05, 0.1) is 0 Å². The van der Waals surface area contributed by atoms with Crippen molar-refractivity contribution in [2.45, 2.75) is 38.5 Å². The second-order valence-electron chi connectivity index (χ2n) is 6.08. The zero-order valence-corrected chi connectivity index (χ0v) is 13.6. The number of phenols is 1. The standard InChI is InChI=1S/C19H22N2O3/c22-17-8-6-15(7-9-17)13-21(14-16-4-3-10-20-12-16)19(23)18-5-1-2-11-24-18/h3-4,6-10,12,18,22H,1-2,5,11,13-14H2. The summed E-state index contributed by atoms with van der Waals surface area (Å²) in [6.07, 6.45) is 5.96. The highest BCUT2D eigenvalue weighted by molar-refractivity contribution is 5.81. The van der Waals surface area contributed by atoms with Gasteiger partial charge in [-0.3, -0.25) is 9.78 Å². The van der Waals surface area contributed by atoms with Crippen molar-refractivity contribution in [1.29, 1.82) is 0 Å². The van der Waals surface area contributed by atoms with Crippen molar-refractivity contribution in [2.75, 3.05) is 6.61 Å². The van der Waals surface area contributed by atoms with Crippen LogP contribution in [0.1, 0.15) is 30.4 Å². The lowest BCUT2D eigenvalue weighted by Gasteiger charge is -2.29. The van der Waals surface area contributed by atoms with E-state index in [-0.39, 0.29) is 17.8 Å². The van der Waals surface area contributed by atoms with Crippen molar-refractivity contribution < 1.29 is 14.6 Å². The summed E-state index contributed by atoms with van der Waals surface area (Å²) in [6.45, 7) is 1.62. The summed E-state index contributed by atoms with van der Waals surface area (Å²) in [4.78, 5) is 18.8. The monoisotopic (exact) mass is 326 g/mol. The number of rotatable bonds is 5. The average Bonchev–Trinajstić information content (AvgIpc) is 2.64. The van der Waals surface area contributed by atoms with Crippen LogP contribution in [0.15, 0.2) is 48.8 Å². The molecule has 1 aliphatic heterocycles. The molecule has 0 radical (unpaired) electrons. The lowest BCUT2D eigenvalue weighted by atomic mass is 10.1. The molecule has 24 heavy (non-hydrogen) atoms. The molecule has 1 N–H and O–H groups in total. The van der Waals surface area contributed by atoms with Crippen LogP contribution in [-0.2, 0) is 22.6 Å². The number of ether oxygens (including phenoxy) is 1. The van der Waals surface area contributed by atoms with Crippen molar-refractivity contribution in [2.24, 2.45) is 0 Å². The van der Waals surface area contributed by atoms with E-state index in [1.165, 1.54) is 0 Å². The van der Waals surface area contributed by atoms with E-state index < -0.39 is 0 Å². The number of benzene rings is 1. The third-order valence-electron chi connectivity index (χ3n) is 4.17. The number of amides is 1. The van der Waals surface area contributed by atoms with Crippen molar-refractivity contribution in [3.05, 3.63) is 59.9 Å². The molecule has 1 aromatic heterocycles. The molecule has 0 aliphatic carbocycles. The van der Waals surface area contributed by atoms with E-state index in [0.717, 1.165) is 30.4 Å². The lowest BCUT2D eigenvalue weighted by Crippen LogP contribution is -2.41. The van der Waals surface area contributed by atoms with E-state index in [9.17, 15) is 9.90 Å². The van der Waals surface area contributed by atoms with Crippen molar-refractivity contribution in [3.8, 4) is 5.75 Å². The zero-order valence-electron chi connectivity index (χ0n) is 13.6. The maximum atomic E-state index is 12.9. The third-order valence-corrected chi connectivity index (χ3v) is 4.17. The second-order valence-corrected chi connectivity index (χ2v) is 6.08. The Morgan fingerprint density at radius 2 is 1.96 bits per heavy atom. The van der Waals surface area contributed by atoms with Crippen LogP contribution in [0.4, 0.5) is 0 Å². The van der Waals surface area contributed by atoms with Crippen LogP contribution < -0.4 is 0 Å². The highest BCUT2D eigenvalue weighted by atomic mass is 16.5. The quantitative estimate of drug-likeness (QED) is 0.918. The van der Waals surface area contributed by atoms with Crippen molar-refractivity contribution in [1.82, 2.24) is 9.88 Å². The zero-order chi connectivity index (χ0) is 16.8. The number of hydrogen-bond donors (Lipinski definition) is 1. The summed E-state index contributed by atoms with van der Waals surface area (Å²) >= 11 is 0. The fourth-order valence-electron chi connectivity index (χ4n) is 2.88. The molecule has 1 atom stereocenters. The van der Waals surface area contributed by atoms with Gasteiger partial charge in [0.25, 0.3) is 5.91 Å². The Morgan fingerprint density at radius 3 is 2.62 bits per heavy atom. The summed E-state index contributed by atoms with van der Waals surface area (Å²) in [7, 11) is 0. The molecule has 1 unspecified atom stereocenters. The molecule has 0 spiro atoms. The molecule has 0 saturated carbocycles. The summed E-state index contributed by atoms with van der Waals surface area (Å²) in [5.74, 6) is 0.242. The van der Waals surface area contributed by atoms with Gasteiger partial charge in [-0.2, -0.15) is 0 Å². The SMILES string of the molecule is O=C(C1CCCCO1)N(Cc1ccc(O)cc1)Cc1cccnc1. The molecule has 5 nitrogen and oxygen atoms in total. The van der Waals surface area contributed by atoms with E-state index in [0.29, 0.717) is 19.7 Å². The van der Waals surface area contributed by atoms with Crippen LogP contribution in [0.25, 0.3) is 0 Å². The number of aromatic hydroxyl groups is 1. The van der Waals surface area contributed by atoms with E-state index in [4.69, 9.17) is 4.74 Å². The first-order valence-electron chi connectivity index (χ1n) is 8.29. The van der Waals surface area contributed by atoms with Crippen LogP contribution in [-0.4, -0.2) is 33.6 Å². The minimum Gasteiger partial charge on any atom is -0.508 e. The van der Waals surface area contributed by atoms with E-state index >= 15 is 0 Å². The normalized spacial score (nSPS) is 17.4. The maximum absolute atomic E-state index is 12.9. The number of phenolic OH excluding ortho intramolecular Hbond substituents is 1. The number of carbonyl (C=O) groups excluding carboxylic acids is 1. The summed E-state index contributed by atoms with van der Waals surface area (Å²) in [6, 6.07) is 10.8. The topological polar surface area (TPSA) is 62.7 Å². The van der Waals surface area contributed by atoms with Crippen molar-refractivity contribution in [3.63, 3.8) is 0 Å². The molecule has 1 amide bonds. The third kappa shape index (κ3) is 4.32. The second kappa shape index (κ2) is 7.93. The number of aromatic nitrogens is 1. The molecule has 2 heterocycles. The molecule has 5 heteroatoms. The first kappa shape index (κ1) is 16.5. The molecule has 2 aromatic rings. The Morgan fingerprint density at radius 1 is 1.17 bits per heavy atom. The Labute approximate surface area is 141 Å². The molecule has 0 bridgehead atoms. The number of pyridine rings is 1. The number of carbonyl (C=O) groups is 1. The number of hydrogen-bond acceptors (Lipinski definition) is 4. The molecular formula is C19H22N2O3. The van der Waals surface area contributed by atoms with Gasteiger partial charge in [0.15, 0.2) is 0 Å².